The van der Waals surface area contributed by atoms with E-state index in [0.29, 0.717) is 22.5 Å². The van der Waals surface area contributed by atoms with E-state index in [9.17, 15) is 0 Å². The van der Waals surface area contributed by atoms with Gasteiger partial charge in [0.05, 0.1) is 12.1 Å². The molecule has 1 heterocycles. The SMILES string of the molecule is CSC1N=C(N)N=C(N)[N+]1(C(C)C)C(C)C. The quantitative estimate of drug-likeness (QED) is 0.724. The summed E-state index contributed by atoms with van der Waals surface area (Å²) >= 11 is 1.66. The first kappa shape index (κ1) is 13.3. The highest BCUT2D eigenvalue weighted by atomic mass is 32.2. The Kier molecular flexibility index (Phi) is 3.85. The molecule has 0 saturated carbocycles. The lowest BCUT2D eigenvalue weighted by Gasteiger charge is -2.47. The molecule has 0 fully saturated rings. The van der Waals surface area contributed by atoms with Crippen molar-refractivity contribution in [3.8, 4) is 0 Å². The van der Waals surface area contributed by atoms with E-state index in [0.717, 1.165) is 0 Å². The Balaban J connectivity index is 3.31. The molecule has 0 aromatic heterocycles. The highest BCUT2D eigenvalue weighted by Crippen LogP contribution is 2.32. The van der Waals surface area contributed by atoms with Crippen molar-refractivity contribution in [3.05, 3.63) is 0 Å². The van der Waals surface area contributed by atoms with Crippen LogP contribution in [-0.2, 0) is 0 Å². The fourth-order valence-electron chi connectivity index (χ4n) is 2.42. The van der Waals surface area contributed by atoms with Crippen LogP contribution in [0.4, 0.5) is 0 Å². The van der Waals surface area contributed by atoms with Crippen LogP contribution in [0.5, 0.6) is 0 Å². The molecule has 0 aliphatic carbocycles. The van der Waals surface area contributed by atoms with Gasteiger partial charge in [-0.2, -0.15) is 4.99 Å². The molecule has 0 aromatic rings. The zero-order valence-corrected chi connectivity index (χ0v) is 11.5. The molecule has 16 heavy (non-hydrogen) atoms. The molecule has 0 aromatic carbocycles. The summed E-state index contributed by atoms with van der Waals surface area (Å²) < 4.78 is 0.571. The highest BCUT2D eigenvalue weighted by Gasteiger charge is 2.48. The molecule has 1 aliphatic rings. The maximum atomic E-state index is 6.12. The van der Waals surface area contributed by atoms with Gasteiger partial charge in [0.25, 0.3) is 0 Å². The number of thioether (sulfide) groups is 1. The number of nitrogens with zero attached hydrogens (tertiary/aromatic N) is 3. The van der Waals surface area contributed by atoms with E-state index in [2.05, 4.69) is 37.7 Å². The van der Waals surface area contributed by atoms with E-state index in [4.69, 9.17) is 11.5 Å². The lowest BCUT2D eigenvalue weighted by atomic mass is 10.1. The zero-order chi connectivity index (χ0) is 12.5. The first-order chi connectivity index (χ1) is 7.37. The Morgan fingerprint density at radius 1 is 1.19 bits per heavy atom. The molecule has 0 bridgehead atoms. The van der Waals surface area contributed by atoms with E-state index >= 15 is 0 Å². The lowest BCUT2D eigenvalue weighted by Crippen LogP contribution is -2.69. The average molecular weight is 244 g/mol. The van der Waals surface area contributed by atoms with Crippen LogP contribution >= 0.6 is 11.8 Å². The summed E-state index contributed by atoms with van der Waals surface area (Å²) in [5, 5.41) is 0. The van der Waals surface area contributed by atoms with Gasteiger partial charge in [0, 0.05) is 0 Å². The van der Waals surface area contributed by atoms with Crippen LogP contribution in [0.25, 0.3) is 0 Å². The molecule has 4 N–H and O–H groups in total. The largest absolute Gasteiger partial charge is 0.368 e. The van der Waals surface area contributed by atoms with Gasteiger partial charge < -0.3 is 11.5 Å². The second-order valence-electron chi connectivity index (χ2n) is 4.54. The fraction of sp³-hybridized carbons (Fsp3) is 0.800. The molecule has 92 valence electrons. The van der Waals surface area contributed by atoms with E-state index in [1.165, 1.54) is 0 Å². The third-order valence-electron chi connectivity index (χ3n) is 3.15. The molecular weight excluding hydrogens is 222 g/mol. The minimum atomic E-state index is -0.00231. The third kappa shape index (κ3) is 1.80. The van der Waals surface area contributed by atoms with Gasteiger partial charge in [-0.1, -0.05) is 11.8 Å². The molecule has 1 aliphatic heterocycles. The topological polar surface area (TPSA) is 76.8 Å². The number of quaternary nitrogens is 1. The maximum absolute atomic E-state index is 6.12. The van der Waals surface area contributed by atoms with Gasteiger partial charge in [-0.05, 0) is 34.0 Å². The average Bonchev–Trinajstić information content (AvgIpc) is 2.15. The van der Waals surface area contributed by atoms with Crippen molar-refractivity contribution in [3.63, 3.8) is 0 Å². The Morgan fingerprint density at radius 2 is 1.69 bits per heavy atom. The maximum Gasteiger partial charge on any atom is 0.305 e. The smallest absolute Gasteiger partial charge is 0.305 e. The molecule has 5 nitrogen and oxygen atoms in total. The molecule has 0 spiro atoms. The summed E-state index contributed by atoms with van der Waals surface area (Å²) in [5.74, 6) is 0.851. The molecule has 1 rings (SSSR count). The first-order valence-corrected chi connectivity index (χ1v) is 6.75. The summed E-state index contributed by atoms with van der Waals surface area (Å²) in [6.07, 6.45) is 2.03. The minimum absolute atomic E-state index is 0.00231. The van der Waals surface area contributed by atoms with Crippen molar-refractivity contribution < 1.29 is 4.48 Å². The number of rotatable bonds is 3. The van der Waals surface area contributed by atoms with Gasteiger partial charge in [0.2, 0.25) is 11.5 Å². The van der Waals surface area contributed by atoms with Gasteiger partial charge in [-0.3, -0.25) is 0 Å². The first-order valence-electron chi connectivity index (χ1n) is 5.46. The Labute approximate surface area is 102 Å². The van der Waals surface area contributed by atoms with Crippen molar-refractivity contribution >= 4 is 23.7 Å². The number of aliphatic imine (C=N–C) groups is 2. The Bertz CT molecular complexity index is 313. The van der Waals surface area contributed by atoms with Crippen molar-refractivity contribution in [2.45, 2.75) is 45.3 Å². The van der Waals surface area contributed by atoms with Crippen LogP contribution in [0, 0.1) is 0 Å². The molecule has 1 atom stereocenters. The third-order valence-corrected chi connectivity index (χ3v) is 4.03. The van der Waals surface area contributed by atoms with Crippen molar-refractivity contribution in [1.82, 2.24) is 0 Å². The minimum Gasteiger partial charge on any atom is -0.368 e. The Morgan fingerprint density at radius 3 is 2.06 bits per heavy atom. The number of nitrogens with two attached hydrogens (primary N) is 2. The summed E-state index contributed by atoms with van der Waals surface area (Å²) in [6, 6.07) is 0.635. The van der Waals surface area contributed by atoms with Crippen LogP contribution < -0.4 is 11.5 Å². The van der Waals surface area contributed by atoms with Gasteiger partial charge in [0.1, 0.15) is 0 Å². The molecule has 0 amide bonds. The molecule has 6 heteroatoms. The van der Waals surface area contributed by atoms with E-state index < -0.39 is 0 Å². The normalized spacial score (nSPS) is 24.6. The standard InChI is InChI=1S/C10H22N5S/c1-6(2)15(7(3)4)9(12)13-8(11)14-10(15)16-5/h6-7,10H,1-5H3,(H4,11,12,13,14)/q+1. The van der Waals surface area contributed by atoms with Gasteiger partial charge >= 0.3 is 5.96 Å². The predicted molar refractivity (Wildman–Crippen MR) is 71.1 cm³/mol. The number of hydrogen-bond donors (Lipinski definition) is 2. The predicted octanol–water partition coefficient (Wildman–Crippen LogP) is 0.910. The number of guanidine groups is 2. The molecular formula is C10H22N5S+. The van der Waals surface area contributed by atoms with Gasteiger partial charge in [-0.15, -0.1) is 4.99 Å². The van der Waals surface area contributed by atoms with Crippen molar-refractivity contribution in [2.75, 3.05) is 6.26 Å². The lowest BCUT2D eigenvalue weighted by molar-refractivity contribution is -0.895. The van der Waals surface area contributed by atoms with Crippen LogP contribution in [0.2, 0.25) is 0 Å². The van der Waals surface area contributed by atoms with E-state index in [-0.39, 0.29) is 11.5 Å². The van der Waals surface area contributed by atoms with Gasteiger partial charge in [-0.25, -0.2) is 4.48 Å². The van der Waals surface area contributed by atoms with Crippen LogP contribution in [0.3, 0.4) is 0 Å². The fourth-order valence-corrected chi connectivity index (χ4v) is 3.57. The van der Waals surface area contributed by atoms with Crippen LogP contribution in [-0.4, -0.2) is 40.2 Å². The molecule has 1 unspecified atom stereocenters. The van der Waals surface area contributed by atoms with Crippen molar-refractivity contribution in [2.24, 2.45) is 21.5 Å². The van der Waals surface area contributed by atoms with Crippen molar-refractivity contribution in [1.29, 1.82) is 0 Å². The van der Waals surface area contributed by atoms with E-state index in [1.54, 1.807) is 11.8 Å². The summed E-state index contributed by atoms with van der Waals surface area (Å²) in [6.45, 7) is 8.57. The summed E-state index contributed by atoms with van der Waals surface area (Å²) in [7, 11) is 0. The highest BCUT2D eigenvalue weighted by molar-refractivity contribution is 7.99. The Hall–Kier alpha value is -0.750. The zero-order valence-electron chi connectivity index (χ0n) is 10.6. The summed E-state index contributed by atoms with van der Waals surface area (Å²) in [5.41, 5.74) is 11.8. The summed E-state index contributed by atoms with van der Waals surface area (Å²) in [4.78, 5) is 8.57. The molecule has 0 radical (unpaired) electrons. The number of hydrogen-bond acceptors (Lipinski definition) is 5. The second-order valence-corrected chi connectivity index (χ2v) is 5.43. The van der Waals surface area contributed by atoms with Gasteiger partial charge in [0.15, 0.2) is 0 Å². The van der Waals surface area contributed by atoms with Crippen LogP contribution in [0.1, 0.15) is 27.7 Å². The van der Waals surface area contributed by atoms with Crippen LogP contribution in [0.15, 0.2) is 9.98 Å². The second kappa shape index (κ2) is 4.63. The van der Waals surface area contributed by atoms with E-state index in [1.807, 2.05) is 6.26 Å². The monoisotopic (exact) mass is 244 g/mol. The molecule has 0 saturated heterocycles.